The molecule has 2 aliphatic rings. The maximum atomic E-state index is 13.7. The molecule has 0 bridgehead atoms. The number of ether oxygens (including phenoxy) is 1. The fourth-order valence-electron chi connectivity index (χ4n) is 3.60. The zero-order valence-electron chi connectivity index (χ0n) is 13.9. The van der Waals surface area contributed by atoms with Crippen LogP contribution in [0.25, 0.3) is 0 Å². The Hall–Kier alpha value is -1.39. The van der Waals surface area contributed by atoms with Gasteiger partial charge in [0, 0.05) is 55.5 Å². The number of nitro groups is 1. The third-order valence-corrected chi connectivity index (χ3v) is 5.58. The third-order valence-electron chi connectivity index (χ3n) is 4.95. The van der Waals surface area contributed by atoms with E-state index in [0.717, 1.165) is 12.8 Å². The van der Waals surface area contributed by atoms with Gasteiger partial charge in [-0.3, -0.25) is 15.0 Å². The summed E-state index contributed by atoms with van der Waals surface area (Å²) in [5.41, 5.74) is 0.162. The number of hydrogen-bond acceptors (Lipinski definition) is 5. The van der Waals surface area contributed by atoms with Crippen molar-refractivity contribution in [2.45, 2.75) is 31.1 Å². The summed E-state index contributed by atoms with van der Waals surface area (Å²) >= 11 is 3.19. The van der Waals surface area contributed by atoms with Crippen molar-refractivity contribution in [3.05, 3.63) is 32.8 Å². The Balaban J connectivity index is 1.84. The molecular weight excluding hydrogens is 419 g/mol. The van der Waals surface area contributed by atoms with Crippen LogP contribution in [0.5, 0.6) is 0 Å². The Bertz CT molecular complexity index is 668. The number of rotatable bonds is 3. The highest BCUT2D eigenvalue weighted by Crippen LogP contribution is 2.37. The molecule has 1 atom stereocenters. The smallest absolute Gasteiger partial charge is 0.381 e. The highest BCUT2D eigenvalue weighted by Gasteiger charge is 2.48. The molecule has 0 radical (unpaired) electrons. The first-order valence-corrected chi connectivity index (χ1v) is 9.16. The molecule has 3 rings (SSSR count). The predicted octanol–water partition coefficient (Wildman–Crippen LogP) is 3.59. The molecule has 0 aromatic heterocycles. The molecule has 0 spiro atoms. The average molecular weight is 438 g/mol. The van der Waals surface area contributed by atoms with Gasteiger partial charge in [0.05, 0.1) is 10.6 Å². The van der Waals surface area contributed by atoms with E-state index in [1.54, 1.807) is 0 Å². The molecule has 144 valence electrons. The second kappa shape index (κ2) is 7.69. The van der Waals surface area contributed by atoms with Crippen LogP contribution in [0.15, 0.2) is 22.7 Å². The Morgan fingerprint density at radius 1 is 1.23 bits per heavy atom. The van der Waals surface area contributed by atoms with Crippen molar-refractivity contribution in [1.29, 1.82) is 0 Å². The molecule has 2 saturated heterocycles. The van der Waals surface area contributed by atoms with Crippen LogP contribution < -0.4 is 4.90 Å². The van der Waals surface area contributed by atoms with Gasteiger partial charge in [-0.05, 0) is 34.8 Å². The van der Waals surface area contributed by atoms with Crippen molar-refractivity contribution in [2.75, 3.05) is 37.7 Å². The van der Waals surface area contributed by atoms with Crippen molar-refractivity contribution in [3.8, 4) is 0 Å². The predicted molar refractivity (Wildman–Crippen MR) is 93.4 cm³/mol. The largest absolute Gasteiger partial charge is 0.409 e. The lowest BCUT2D eigenvalue weighted by molar-refractivity contribution is -0.384. The normalized spacial score (nSPS) is 23.2. The van der Waals surface area contributed by atoms with Gasteiger partial charge in [0.25, 0.3) is 5.69 Å². The zero-order chi connectivity index (χ0) is 18.9. The first kappa shape index (κ1) is 19.4. The number of halogens is 4. The number of hydrogen-bond donors (Lipinski definition) is 0. The summed E-state index contributed by atoms with van der Waals surface area (Å²) in [5, 5.41) is 10.9. The van der Waals surface area contributed by atoms with Crippen LogP contribution in [0.3, 0.4) is 0 Å². The lowest BCUT2D eigenvalue weighted by atomic mass is 10.0. The number of nitro benzene ring substituents is 1. The van der Waals surface area contributed by atoms with E-state index in [4.69, 9.17) is 4.74 Å². The fourth-order valence-corrected chi connectivity index (χ4v) is 4.19. The van der Waals surface area contributed by atoms with E-state index in [2.05, 4.69) is 15.9 Å². The van der Waals surface area contributed by atoms with E-state index in [1.807, 2.05) is 4.90 Å². The zero-order valence-corrected chi connectivity index (χ0v) is 15.5. The van der Waals surface area contributed by atoms with Crippen molar-refractivity contribution in [3.63, 3.8) is 0 Å². The van der Waals surface area contributed by atoms with Gasteiger partial charge in [0.1, 0.15) is 6.04 Å². The lowest BCUT2D eigenvalue weighted by Gasteiger charge is -2.46. The second-order valence-corrected chi connectivity index (χ2v) is 7.34. The van der Waals surface area contributed by atoms with Crippen LogP contribution in [0.4, 0.5) is 24.5 Å². The highest BCUT2D eigenvalue weighted by atomic mass is 79.9. The first-order chi connectivity index (χ1) is 12.3. The van der Waals surface area contributed by atoms with Crippen molar-refractivity contribution < 1.29 is 22.8 Å². The number of alkyl halides is 3. The summed E-state index contributed by atoms with van der Waals surface area (Å²) in [6, 6.07) is 2.31. The first-order valence-electron chi connectivity index (χ1n) is 8.36. The Morgan fingerprint density at radius 3 is 2.50 bits per heavy atom. The molecule has 2 aliphatic heterocycles. The molecule has 2 heterocycles. The van der Waals surface area contributed by atoms with Gasteiger partial charge in [0.2, 0.25) is 0 Å². The molecule has 1 aromatic rings. The van der Waals surface area contributed by atoms with E-state index in [9.17, 15) is 23.3 Å². The van der Waals surface area contributed by atoms with Gasteiger partial charge >= 0.3 is 6.18 Å². The van der Waals surface area contributed by atoms with Gasteiger partial charge < -0.3 is 9.64 Å². The monoisotopic (exact) mass is 437 g/mol. The molecule has 10 heteroatoms. The van der Waals surface area contributed by atoms with E-state index in [-0.39, 0.29) is 24.8 Å². The molecule has 6 nitrogen and oxygen atoms in total. The molecule has 1 aromatic carbocycles. The van der Waals surface area contributed by atoms with E-state index in [1.165, 1.54) is 23.1 Å². The van der Waals surface area contributed by atoms with Crippen molar-refractivity contribution in [1.82, 2.24) is 4.90 Å². The Labute approximate surface area is 157 Å². The summed E-state index contributed by atoms with van der Waals surface area (Å²) in [6.07, 6.45) is -2.91. The van der Waals surface area contributed by atoms with Crippen molar-refractivity contribution >= 4 is 27.3 Å². The van der Waals surface area contributed by atoms with Crippen LogP contribution in [0.2, 0.25) is 0 Å². The fraction of sp³-hybridized carbons (Fsp3) is 0.625. The molecule has 0 aliphatic carbocycles. The minimum atomic E-state index is -4.40. The van der Waals surface area contributed by atoms with Crippen LogP contribution in [-0.2, 0) is 4.74 Å². The minimum Gasteiger partial charge on any atom is -0.381 e. The summed E-state index contributed by atoms with van der Waals surface area (Å²) in [4.78, 5) is 13.5. The van der Waals surface area contributed by atoms with E-state index >= 15 is 0 Å². The summed E-state index contributed by atoms with van der Waals surface area (Å²) in [5.74, 6) is 0. The highest BCUT2D eigenvalue weighted by molar-refractivity contribution is 9.10. The van der Waals surface area contributed by atoms with Crippen LogP contribution in [-0.4, -0.2) is 60.9 Å². The van der Waals surface area contributed by atoms with Gasteiger partial charge in [-0.1, -0.05) is 0 Å². The standard InChI is InChI=1S/C16H19BrF3N3O3/c17-13-9-12(23(24)25)1-2-14(13)22-6-5-21(10-15(22)16(18,19)20)11-3-7-26-8-4-11/h1-2,9,11,15H,3-8,10H2. The number of piperazine rings is 1. The van der Waals surface area contributed by atoms with Gasteiger partial charge in [-0.2, -0.15) is 13.2 Å². The SMILES string of the molecule is O=[N+]([O-])c1ccc(N2CCN(C3CCOCC3)CC2C(F)(F)F)c(Br)c1. The molecule has 2 fully saturated rings. The summed E-state index contributed by atoms with van der Waals surface area (Å²) in [7, 11) is 0. The number of benzene rings is 1. The lowest BCUT2D eigenvalue weighted by Crippen LogP contribution is -2.61. The summed E-state index contributed by atoms with van der Waals surface area (Å²) < 4.78 is 46.8. The Morgan fingerprint density at radius 2 is 1.92 bits per heavy atom. The van der Waals surface area contributed by atoms with Gasteiger partial charge in [-0.25, -0.2) is 0 Å². The topological polar surface area (TPSA) is 58.9 Å². The number of anilines is 1. The molecule has 0 amide bonds. The Kier molecular flexibility index (Phi) is 5.73. The number of non-ortho nitro benzene ring substituents is 1. The van der Waals surface area contributed by atoms with Gasteiger partial charge in [-0.15, -0.1) is 0 Å². The molecule has 0 N–H and O–H groups in total. The van der Waals surface area contributed by atoms with Crippen LogP contribution in [0, 0.1) is 10.1 Å². The minimum absolute atomic E-state index is 0.107. The molecular formula is C16H19BrF3N3O3. The second-order valence-electron chi connectivity index (χ2n) is 6.48. The van der Waals surface area contributed by atoms with Crippen LogP contribution in [0.1, 0.15) is 12.8 Å². The number of nitrogens with zero attached hydrogens (tertiary/aromatic N) is 3. The average Bonchev–Trinajstić information content (AvgIpc) is 2.61. The van der Waals surface area contributed by atoms with Crippen molar-refractivity contribution in [2.24, 2.45) is 0 Å². The quantitative estimate of drug-likeness (QED) is 0.534. The van der Waals surface area contributed by atoms with Crippen LogP contribution >= 0.6 is 15.9 Å². The van der Waals surface area contributed by atoms with Gasteiger partial charge in [0.15, 0.2) is 0 Å². The molecule has 26 heavy (non-hydrogen) atoms. The molecule has 0 saturated carbocycles. The maximum absolute atomic E-state index is 13.7. The summed E-state index contributed by atoms with van der Waals surface area (Å²) in [6.45, 7) is 1.77. The van der Waals surface area contributed by atoms with E-state index in [0.29, 0.717) is 29.9 Å². The third kappa shape index (κ3) is 4.12. The van der Waals surface area contributed by atoms with E-state index < -0.39 is 17.1 Å². The maximum Gasteiger partial charge on any atom is 0.409 e. The molecule has 1 unspecified atom stereocenters.